The van der Waals surface area contributed by atoms with E-state index in [0.29, 0.717) is 11.5 Å². The van der Waals surface area contributed by atoms with Crippen LogP contribution in [0.3, 0.4) is 0 Å². The average Bonchev–Trinajstić information content (AvgIpc) is 2.20. The van der Waals surface area contributed by atoms with E-state index in [-0.39, 0.29) is 5.82 Å². The van der Waals surface area contributed by atoms with Gasteiger partial charge in [-0.3, -0.25) is 0 Å². The monoisotopic (exact) mass is 259 g/mol. The van der Waals surface area contributed by atoms with E-state index in [1.165, 1.54) is 7.11 Å². The van der Waals surface area contributed by atoms with Crippen LogP contribution in [-0.2, 0) is 4.74 Å². The molecule has 0 aliphatic heterocycles. The molecule has 1 N–H and O–H groups in total. The summed E-state index contributed by atoms with van der Waals surface area (Å²) >= 11 is 3.31. The Kier molecular flexibility index (Phi) is 3.40. The summed E-state index contributed by atoms with van der Waals surface area (Å²) in [6.45, 7) is 1.78. The fourth-order valence-corrected chi connectivity index (χ4v) is 1.28. The molecule has 0 amide bonds. The molecule has 0 radical (unpaired) electrons. The zero-order valence-electron chi connectivity index (χ0n) is 8.09. The van der Waals surface area contributed by atoms with Crippen molar-refractivity contribution in [1.29, 1.82) is 0 Å². The molecular formula is C8H10BrN3O2. The van der Waals surface area contributed by atoms with Crippen LogP contribution >= 0.6 is 15.9 Å². The van der Waals surface area contributed by atoms with Gasteiger partial charge in [-0.25, -0.2) is 14.8 Å². The van der Waals surface area contributed by atoms with Gasteiger partial charge in [-0.15, -0.1) is 0 Å². The molecule has 0 bridgehead atoms. The van der Waals surface area contributed by atoms with Crippen molar-refractivity contribution >= 4 is 27.7 Å². The first-order valence-corrected chi connectivity index (χ1v) is 4.69. The number of ether oxygens (including phenoxy) is 1. The molecule has 0 fully saturated rings. The Morgan fingerprint density at radius 2 is 2.14 bits per heavy atom. The van der Waals surface area contributed by atoms with E-state index in [4.69, 9.17) is 0 Å². The summed E-state index contributed by atoms with van der Waals surface area (Å²) < 4.78 is 5.27. The van der Waals surface area contributed by atoms with Crippen molar-refractivity contribution in [3.63, 3.8) is 0 Å². The molecule has 6 heteroatoms. The molecule has 1 heterocycles. The Hall–Kier alpha value is -1.17. The van der Waals surface area contributed by atoms with E-state index in [0.717, 1.165) is 4.47 Å². The van der Waals surface area contributed by atoms with Crippen LogP contribution in [-0.4, -0.2) is 30.1 Å². The zero-order chi connectivity index (χ0) is 10.7. The number of rotatable bonds is 2. The molecule has 0 saturated heterocycles. The molecule has 0 aliphatic rings. The summed E-state index contributed by atoms with van der Waals surface area (Å²) in [7, 11) is 3.01. The van der Waals surface area contributed by atoms with E-state index in [1.54, 1.807) is 14.0 Å². The lowest BCUT2D eigenvalue weighted by Gasteiger charge is -2.06. The number of carbonyl (C=O) groups is 1. The standard InChI is InChI=1S/C8H10BrN3O2/c1-4-5(9)6(10-2)12-7(11-4)8(13)14-3/h1-3H3,(H,10,11,12). The maximum absolute atomic E-state index is 11.2. The van der Waals surface area contributed by atoms with Crippen LogP contribution in [0.5, 0.6) is 0 Å². The summed E-state index contributed by atoms with van der Waals surface area (Å²) in [6, 6.07) is 0. The lowest BCUT2D eigenvalue weighted by molar-refractivity contribution is 0.0586. The molecule has 5 nitrogen and oxygen atoms in total. The first-order valence-electron chi connectivity index (χ1n) is 3.90. The molecule has 0 unspecified atom stereocenters. The minimum absolute atomic E-state index is 0.0533. The van der Waals surface area contributed by atoms with Crippen molar-refractivity contribution in [3.05, 3.63) is 16.0 Å². The fraction of sp³-hybridized carbons (Fsp3) is 0.375. The molecule has 0 spiro atoms. The van der Waals surface area contributed by atoms with Crippen molar-refractivity contribution in [2.75, 3.05) is 19.5 Å². The number of carbonyl (C=O) groups excluding carboxylic acids is 1. The highest BCUT2D eigenvalue weighted by Gasteiger charge is 2.14. The van der Waals surface area contributed by atoms with E-state index in [9.17, 15) is 4.79 Å². The van der Waals surface area contributed by atoms with Crippen molar-refractivity contribution < 1.29 is 9.53 Å². The van der Waals surface area contributed by atoms with Gasteiger partial charge in [0.05, 0.1) is 17.3 Å². The highest BCUT2D eigenvalue weighted by Crippen LogP contribution is 2.22. The van der Waals surface area contributed by atoms with E-state index in [1.807, 2.05) is 0 Å². The number of halogens is 1. The van der Waals surface area contributed by atoms with E-state index in [2.05, 4.69) is 36.0 Å². The third-order valence-electron chi connectivity index (χ3n) is 1.62. The molecule has 1 rings (SSSR count). The second kappa shape index (κ2) is 4.36. The second-order valence-electron chi connectivity index (χ2n) is 2.54. The van der Waals surface area contributed by atoms with Crippen LogP contribution in [0.4, 0.5) is 5.82 Å². The second-order valence-corrected chi connectivity index (χ2v) is 3.33. The lowest BCUT2D eigenvalue weighted by Crippen LogP contribution is -2.10. The van der Waals surface area contributed by atoms with Crippen molar-refractivity contribution in [2.45, 2.75) is 6.92 Å². The van der Waals surface area contributed by atoms with Crippen LogP contribution in [0, 0.1) is 6.92 Å². The lowest BCUT2D eigenvalue weighted by atomic mass is 10.4. The molecule has 0 aliphatic carbocycles. The predicted octanol–water partition coefficient (Wildman–Crippen LogP) is 1.38. The number of hydrogen-bond donors (Lipinski definition) is 1. The molecule has 0 saturated carbocycles. The van der Waals surface area contributed by atoms with Gasteiger partial charge >= 0.3 is 5.97 Å². The first-order chi connectivity index (χ1) is 6.60. The summed E-state index contributed by atoms with van der Waals surface area (Å²) in [5, 5.41) is 2.85. The van der Waals surface area contributed by atoms with Gasteiger partial charge in [0.15, 0.2) is 0 Å². The summed E-state index contributed by atoms with van der Waals surface area (Å²) in [4.78, 5) is 19.1. The van der Waals surface area contributed by atoms with Crippen molar-refractivity contribution in [1.82, 2.24) is 9.97 Å². The van der Waals surface area contributed by atoms with Crippen LogP contribution < -0.4 is 5.32 Å². The molecule has 0 atom stereocenters. The first kappa shape index (κ1) is 10.9. The van der Waals surface area contributed by atoms with Gasteiger partial charge in [0.25, 0.3) is 0 Å². The number of hydrogen-bond acceptors (Lipinski definition) is 5. The molecule has 76 valence electrons. The van der Waals surface area contributed by atoms with Gasteiger partial charge in [-0.1, -0.05) is 0 Å². The number of anilines is 1. The van der Waals surface area contributed by atoms with Crippen molar-refractivity contribution in [3.8, 4) is 0 Å². The van der Waals surface area contributed by atoms with Crippen LogP contribution in [0.25, 0.3) is 0 Å². The van der Waals surface area contributed by atoms with Gasteiger partial charge in [-0.05, 0) is 22.9 Å². The van der Waals surface area contributed by atoms with Crippen molar-refractivity contribution in [2.24, 2.45) is 0 Å². The van der Waals surface area contributed by atoms with Crippen LogP contribution in [0.15, 0.2) is 4.47 Å². The van der Waals surface area contributed by atoms with E-state index < -0.39 is 5.97 Å². The molecule has 1 aromatic rings. The summed E-state index contributed by atoms with van der Waals surface area (Å²) in [5.74, 6) is 0.0764. The average molecular weight is 260 g/mol. The minimum Gasteiger partial charge on any atom is -0.463 e. The third-order valence-corrected chi connectivity index (χ3v) is 2.57. The van der Waals surface area contributed by atoms with Gasteiger partial charge < -0.3 is 10.1 Å². The third kappa shape index (κ3) is 2.01. The fourth-order valence-electron chi connectivity index (χ4n) is 0.907. The minimum atomic E-state index is -0.544. The molecule has 0 aromatic carbocycles. The SMILES string of the molecule is CNc1nc(C(=O)OC)nc(C)c1Br. The zero-order valence-corrected chi connectivity index (χ0v) is 9.67. The maximum atomic E-state index is 11.2. The van der Waals surface area contributed by atoms with Gasteiger partial charge in [0, 0.05) is 7.05 Å². The quantitative estimate of drug-likeness (QED) is 0.814. The Morgan fingerprint density at radius 3 is 2.64 bits per heavy atom. The largest absolute Gasteiger partial charge is 0.463 e. The Bertz CT molecular complexity index is 368. The van der Waals surface area contributed by atoms with Gasteiger partial charge in [0.2, 0.25) is 5.82 Å². The maximum Gasteiger partial charge on any atom is 0.376 e. The Morgan fingerprint density at radius 1 is 1.50 bits per heavy atom. The number of nitrogens with zero attached hydrogens (tertiary/aromatic N) is 2. The molecular weight excluding hydrogens is 250 g/mol. The Labute approximate surface area is 90.0 Å². The highest BCUT2D eigenvalue weighted by molar-refractivity contribution is 9.10. The summed E-state index contributed by atoms with van der Waals surface area (Å²) in [5.41, 5.74) is 0.685. The van der Waals surface area contributed by atoms with Crippen LogP contribution in [0.2, 0.25) is 0 Å². The van der Waals surface area contributed by atoms with Gasteiger partial charge in [-0.2, -0.15) is 0 Å². The molecule has 1 aromatic heterocycles. The van der Waals surface area contributed by atoms with Gasteiger partial charge in [0.1, 0.15) is 5.82 Å². The molecule has 14 heavy (non-hydrogen) atoms. The predicted molar refractivity (Wildman–Crippen MR) is 55.4 cm³/mol. The number of aromatic nitrogens is 2. The smallest absolute Gasteiger partial charge is 0.376 e. The highest BCUT2D eigenvalue weighted by atomic mass is 79.9. The topological polar surface area (TPSA) is 64.1 Å². The summed E-state index contributed by atoms with van der Waals surface area (Å²) in [6.07, 6.45) is 0. The number of esters is 1. The Balaban J connectivity index is 3.22. The van der Waals surface area contributed by atoms with E-state index >= 15 is 0 Å². The normalized spacial score (nSPS) is 9.71. The van der Waals surface area contributed by atoms with Crippen LogP contribution in [0.1, 0.15) is 16.3 Å². The number of nitrogens with one attached hydrogen (secondary N) is 1. The number of methoxy groups -OCH3 is 1. The number of aryl methyl sites for hydroxylation is 1.